The van der Waals surface area contributed by atoms with Gasteiger partial charge in [-0.2, -0.15) is 0 Å². The fourth-order valence-electron chi connectivity index (χ4n) is 4.18. The molecule has 1 amide bonds. The first-order chi connectivity index (χ1) is 15.9. The van der Waals surface area contributed by atoms with Crippen molar-refractivity contribution in [3.63, 3.8) is 0 Å². The van der Waals surface area contributed by atoms with E-state index in [0.29, 0.717) is 24.4 Å². The van der Waals surface area contributed by atoms with Crippen LogP contribution in [0.15, 0.2) is 84.4 Å². The second kappa shape index (κ2) is 9.41. The highest BCUT2D eigenvalue weighted by Gasteiger charge is 2.45. The molecule has 1 atom stereocenters. The summed E-state index contributed by atoms with van der Waals surface area (Å²) in [7, 11) is 0. The molecule has 3 aromatic carbocycles. The van der Waals surface area contributed by atoms with E-state index in [4.69, 9.17) is 0 Å². The Morgan fingerprint density at radius 1 is 0.939 bits per heavy atom. The maximum atomic E-state index is 13.4. The molecule has 1 saturated heterocycles. The van der Waals surface area contributed by atoms with Crippen molar-refractivity contribution in [3.8, 4) is 0 Å². The molecule has 1 unspecified atom stereocenters. The molecule has 5 heteroatoms. The van der Waals surface area contributed by atoms with Crippen LogP contribution in [0.4, 0.5) is 4.39 Å². The molecule has 0 spiro atoms. The maximum Gasteiger partial charge on any atom is 0.295 e. The van der Waals surface area contributed by atoms with Crippen LogP contribution < -0.4 is 0 Å². The zero-order valence-corrected chi connectivity index (χ0v) is 18.7. The van der Waals surface area contributed by atoms with Crippen LogP contribution in [0.25, 0.3) is 5.76 Å². The summed E-state index contributed by atoms with van der Waals surface area (Å²) < 4.78 is 13.4. The van der Waals surface area contributed by atoms with Gasteiger partial charge in [0.05, 0.1) is 11.6 Å². The van der Waals surface area contributed by atoms with Crippen molar-refractivity contribution < 1.29 is 19.1 Å². The first-order valence-electron chi connectivity index (χ1n) is 11.0. The quantitative estimate of drug-likeness (QED) is 0.306. The Morgan fingerprint density at radius 2 is 1.58 bits per heavy atom. The number of Topliss-reactive ketones (excluding diaryl/α,β-unsaturated/α-hetero) is 1. The van der Waals surface area contributed by atoms with E-state index in [1.165, 1.54) is 29.2 Å². The predicted octanol–water partition coefficient (Wildman–Crippen LogP) is 5.61. The molecule has 1 fully saturated rings. The average molecular weight is 444 g/mol. The zero-order valence-electron chi connectivity index (χ0n) is 18.7. The second-order valence-corrected chi connectivity index (χ2v) is 8.56. The minimum absolute atomic E-state index is 0.0250. The van der Waals surface area contributed by atoms with Crippen LogP contribution >= 0.6 is 0 Å². The van der Waals surface area contributed by atoms with E-state index in [-0.39, 0.29) is 11.3 Å². The summed E-state index contributed by atoms with van der Waals surface area (Å²) >= 11 is 0. The van der Waals surface area contributed by atoms with Gasteiger partial charge in [-0.25, -0.2) is 4.39 Å². The standard InChI is InChI=1S/C28H26FNO3/c1-18(2)20-8-10-21(11-9-20)25-24(26(31)22-12-14-23(29)15-13-22)27(32)28(33)30(25)17-16-19-6-4-3-5-7-19/h3-15,18,25,31H,16-17H2,1-2H3/b26-24+. The van der Waals surface area contributed by atoms with Crippen molar-refractivity contribution in [1.29, 1.82) is 0 Å². The van der Waals surface area contributed by atoms with Crippen LogP contribution in [0.2, 0.25) is 0 Å². The summed E-state index contributed by atoms with van der Waals surface area (Å²) in [6, 6.07) is 22.0. The van der Waals surface area contributed by atoms with Gasteiger partial charge in [-0.05, 0) is 53.3 Å². The van der Waals surface area contributed by atoms with Crippen molar-refractivity contribution in [3.05, 3.63) is 113 Å². The molecule has 0 radical (unpaired) electrons. The van der Waals surface area contributed by atoms with Gasteiger partial charge in [0.1, 0.15) is 11.6 Å². The van der Waals surface area contributed by atoms with Gasteiger partial charge in [-0.3, -0.25) is 9.59 Å². The summed E-state index contributed by atoms with van der Waals surface area (Å²) in [5.74, 6) is -1.79. The number of carbonyl (C=O) groups excluding carboxylic acids is 2. The third-order valence-corrected chi connectivity index (χ3v) is 6.06. The Labute approximate surface area is 193 Å². The van der Waals surface area contributed by atoms with Crippen LogP contribution in [0.5, 0.6) is 0 Å². The third kappa shape index (κ3) is 4.58. The minimum Gasteiger partial charge on any atom is -0.507 e. The number of aliphatic hydroxyl groups is 1. The number of likely N-dealkylation sites (tertiary alicyclic amines) is 1. The summed E-state index contributed by atoms with van der Waals surface area (Å²) in [6.45, 7) is 4.51. The topological polar surface area (TPSA) is 57.6 Å². The molecule has 0 aliphatic carbocycles. The van der Waals surface area contributed by atoms with E-state index in [1.807, 2.05) is 54.6 Å². The lowest BCUT2D eigenvalue weighted by atomic mass is 9.93. The van der Waals surface area contributed by atoms with Gasteiger partial charge in [0.25, 0.3) is 11.7 Å². The molecular formula is C28H26FNO3. The number of carbonyl (C=O) groups is 2. The van der Waals surface area contributed by atoms with Crippen molar-refractivity contribution in [2.45, 2.75) is 32.2 Å². The van der Waals surface area contributed by atoms with Gasteiger partial charge in [0.2, 0.25) is 0 Å². The van der Waals surface area contributed by atoms with Crippen LogP contribution in [0.3, 0.4) is 0 Å². The monoisotopic (exact) mass is 443 g/mol. The zero-order chi connectivity index (χ0) is 23.5. The Kier molecular flexibility index (Phi) is 6.40. The average Bonchev–Trinajstić information content (AvgIpc) is 3.08. The Bertz CT molecular complexity index is 1180. The van der Waals surface area contributed by atoms with Crippen LogP contribution in [-0.2, 0) is 16.0 Å². The van der Waals surface area contributed by atoms with E-state index in [0.717, 1.165) is 16.7 Å². The summed E-state index contributed by atoms with van der Waals surface area (Å²) in [5.41, 5.74) is 3.25. The lowest BCUT2D eigenvalue weighted by Crippen LogP contribution is -2.31. The van der Waals surface area contributed by atoms with Gasteiger partial charge in [-0.15, -0.1) is 0 Å². The second-order valence-electron chi connectivity index (χ2n) is 8.56. The maximum absolute atomic E-state index is 13.4. The van der Waals surface area contributed by atoms with Crippen molar-refractivity contribution >= 4 is 17.4 Å². The molecule has 4 rings (SSSR count). The highest BCUT2D eigenvalue weighted by atomic mass is 19.1. The fourth-order valence-corrected chi connectivity index (χ4v) is 4.18. The van der Waals surface area contributed by atoms with Crippen molar-refractivity contribution in [2.75, 3.05) is 6.54 Å². The molecule has 1 N–H and O–H groups in total. The highest BCUT2D eigenvalue weighted by molar-refractivity contribution is 6.46. The lowest BCUT2D eigenvalue weighted by molar-refractivity contribution is -0.139. The van der Waals surface area contributed by atoms with E-state index in [9.17, 15) is 19.1 Å². The molecule has 1 heterocycles. The number of amides is 1. The Hall–Kier alpha value is -3.73. The normalized spacial score (nSPS) is 17.7. The first kappa shape index (κ1) is 22.5. The van der Waals surface area contributed by atoms with E-state index in [2.05, 4.69) is 13.8 Å². The summed E-state index contributed by atoms with van der Waals surface area (Å²) in [5, 5.41) is 11.0. The third-order valence-electron chi connectivity index (χ3n) is 6.06. The van der Waals surface area contributed by atoms with Gasteiger partial charge < -0.3 is 10.0 Å². The van der Waals surface area contributed by atoms with E-state index < -0.39 is 23.5 Å². The molecule has 168 valence electrons. The largest absolute Gasteiger partial charge is 0.507 e. The van der Waals surface area contributed by atoms with Crippen LogP contribution in [-0.4, -0.2) is 28.2 Å². The number of halogens is 1. The molecule has 33 heavy (non-hydrogen) atoms. The number of hydrogen-bond donors (Lipinski definition) is 1. The minimum atomic E-state index is -0.733. The first-order valence-corrected chi connectivity index (χ1v) is 11.0. The van der Waals surface area contributed by atoms with Gasteiger partial charge in [0, 0.05) is 12.1 Å². The van der Waals surface area contributed by atoms with Gasteiger partial charge in [-0.1, -0.05) is 68.4 Å². The molecule has 1 aliphatic rings. The Balaban J connectivity index is 1.78. The molecule has 0 saturated carbocycles. The number of aliphatic hydroxyl groups excluding tert-OH is 1. The SMILES string of the molecule is CC(C)c1ccc(C2/C(=C(\O)c3ccc(F)cc3)C(=O)C(=O)N2CCc2ccccc2)cc1. The number of hydrogen-bond acceptors (Lipinski definition) is 3. The van der Waals surface area contributed by atoms with Gasteiger partial charge in [0.15, 0.2) is 0 Å². The summed E-state index contributed by atoms with van der Waals surface area (Å²) in [4.78, 5) is 27.7. The number of rotatable bonds is 6. The smallest absolute Gasteiger partial charge is 0.295 e. The Morgan fingerprint density at radius 3 is 2.18 bits per heavy atom. The highest BCUT2D eigenvalue weighted by Crippen LogP contribution is 2.39. The molecule has 0 bridgehead atoms. The molecule has 0 aromatic heterocycles. The fraction of sp³-hybridized carbons (Fsp3) is 0.214. The van der Waals surface area contributed by atoms with Crippen LogP contribution in [0.1, 0.15) is 48.1 Å². The molecular weight excluding hydrogens is 417 g/mol. The van der Waals surface area contributed by atoms with E-state index in [1.54, 1.807) is 0 Å². The number of nitrogens with zero attached hydrogens (tertiary/aromatic N) is 1. The lowest BCUT2D eigenvalue weighted by Gasteiger charge is -2.25. The molecule has 1 aliphatic heterocycles. The summed E-state index contributed by atoms with van der Waals surface area (Å²) in [6.07, 6.45) is 0.574. The molecule has 4 nitrogen and oxygen atoms in total. The van der Waals surface area contributed by atoms with Crippen molar-refractivity contribution in [2.24, 2.45) is 0 Å². The molecule has 3 aromatic rings. The number of benzene rings is 3. The van der Waals surface area contributed by atoms with E-state index >= 15 is 0 Å². The number of ketones is 1. The predicted molar refractivity (Wildman–Crippen MR) is 126 cm³/mol. The van der Waals surface area contributed by atoms with Crippen LogP contribution in [0, 0.1) is 5.82 Å². The van der Waals surface area contributed by atoms with Crippen molar-refractivity contribution in [1.82, 2.24) is 4.90 Å². The van der Waals surface area contributed by atoms with Gasteiger partial charge >= 0.3 is 0 Å².